The van der Waals surface area contributed by atoms with E-state index in [4.69, 9.17) is 4.74 Å². The minimum atomic E-state index is -0.341. The van der Waals surface area contributed by atoms with Gasteiger partial charge in [0.25, 0.3) is 0 Å². The molecule has 0 aliphatic heterocycles. The van der Waals surface area contributed by atoms with E-state index < -0.39 is 0 Å². The summed E-state index contributed by atoms with van der Waals surface area (Å²) in [5.74, 6) is 0.349. The Hall–Kier alpha value is -2.88. The second kappa shape index (κ2) is 6.26. The van der Waals surface area contributed by atoms with Gasteiger partial charge in [-0.2, -0.15) is 0 Å². The summed E-state index contributed by atoms with van der Waals surface area (Å²) >= 11 is 0. The highest BCUT2D eigenvalue weighted by atomic mass is 16.5. The van der Waals surface area contributed by atoms with Crippen molar-refractivity contribution in [3.63, 3.8) is 0 Å². The van der Waals surface area contributed by atoms with Crippen molar-refractivity contribution in [3.8, 4) is 0 Å². The summed E-state index contributed by atoms with van der Waals surface area (Å²) in [5, 5.41) is 4.27. The fraction of sp³-hybridized carbons (Fsp3) is 0.111. The van der Waals surface area contributed by atoms with Crippen molar-refractivity contribution >= 4 is 28.4 Å². The zero-order valence-electron chi connectivity index (χ0n) is 12.2. The molecule has 2 aromatic carbocycles. The molecule has 0 saturated carbocycles. The van der Waals surface area contributed by atoms with E-state index in [0.717, 1.165) is 10.9 Å². The predicted octanol–water partition coefficient (Wildman–Crippen LogP) is 4.16. The number of anilines is 2. The maximum absolute atomic E-state index is 12.0. The summed E-state index contributed by atoms with van der Waals surface area (Å²) in [5.41, 5.74) is 2.09. The molecule has 1 heterocycles. The number of hydrogen-bond donors (Lipinski definition) is 1. The first-order chi connectivity index (χ1) is 10.8. The molecule has 0 atom stereocenters. The first-order valence-electron chi connectivity index (χ1n) is 7.17. The molecule has 1 aromatic heterocycles. The molecular formula is C18H16N2O2. The van der Waals surface area contributed by atoms with Gasteiger partial charge >= 0.3 is 5.97 Å². The number of aromatic nitrogens is 1. The molecule has 3 aromatic rings. The molecule has 0 amide bonds. The van der Waals surface area contributed by atoms with Crippen LogP contribution in [-0.4, -0.2) is 17.6 Å². The molecule has 1 N–H and O–H groups in total. The molecule has 4 nitrogen and oxygen atoms in total. The zero-order chi connectivity index (χ0) is 15.4. The summed E-state index contributed by atoms with van der Waals surface area (Å²) in [6, 6.07) is 19.0. The number of benzene rings is 2. The second-order valence-electron chi connectivity index (χ2n) is 4.78. The Balaban J connectivity index is 1.93. The number of pyridine rings is 1. The van der Waals surface area contributed by atoms with Crippen molar-refractivity contribution in [1.82, 2.24) is 4.98 Å². The number of nitrogens with one attached hydrogen (secondary N) is 1. The summed E-state index contributed by atoms with van der Waals surface area (Å²) in [4.78, 5) is 16.5. The van der Waals surface area contributed by atoms with Gasteiger partial charge in [0.05, 0.1) is 23.4 Å². The summed E-state index contributed by atoms with van der Waals surface area (Å²) in [6.07, 6.45) is 0. The van der Waals surface area contributed by atoms with Crippen LogP contribution in [0.5, 0.6) is 0 Å². The number of fused-ring (bicyclic) bond motifs is 1. The quantitative estimate of drug-likeness (QED) is 0.734. The topological polar surface area (TPSA) is 51.2 Å². The fourth-order valence-corrected chi connectivity index (χ4v) is 2.25. The van der Waals surface area contributed by atoms with Gasteiger partial charge in [-0.15, -0.1) is 0 Å². The summed E-state index contributed by atoms with van der Waals surface area (Å²) in [6.45, 7) is 2.14. The highest BCUT2D eigenvalue weighted by Crippen LogP contribution is 2.22. The molecule has 0 spiro atoms. The Morgan fingerprint density at radius 2 is 1.82 bits per heavy atom. The number of rotatable bonds is 4. The molecule has 3 rings (SSSR count). The third-order valence-corrected chi connectivity index (χ3v) is 3.28. The van der Waals surface area contributed by atoms with Crippen LogP contribution in [0.25, 0.3) is 10.9 Å². The number of para-hydroxylation sites is 2. The van der Waals surface area contributed by atoms with E-state index in [2.05, 4.69) is 10.3 Å². The van der Waals surface area contributed by atoms with Gasteiger partial charge in [-0.3, -0.25) is 0 Å². The van der Waals surface area contributed by atoms with Crippen LogP contribution in [-0.2, 0) is 4.74 Å². The van der Waals surface area contributed by atoms with Gasteiger partial charge in [0, 0.05) is 5.39 Å². The fourth-order valence-electron chi connectivity index (χ4n) is 2.25. The van der Waals surface area contributed by atoms with Crippen LogP contribution in [0.3, 0.4) is 0 Å². The normalized spacial score (nSPS) is 10.4. The Labute approximate surface area is 128 Å². The average molecular weight is 292 g/mol. The number of hydrogen-bond acceptors (Lipinski definition) is 4. The van der Waals surface area contributed by atoms with E-state index >= 15 is 0 Å². The maximum Gasteiger partial charge on any atom is 0.340 e. The van der Waals surface area contributed by atoms with Gasteiger partial charge in [-0.1, -0.05) is 30.3 Å². The van der Waals surface area contributed by atoms with Crippen LogP contribution < -0.4 is 5.32 Å². The monoisotopic (exact) mass is 292 g/mol. The van der Waals surface area contributed by atoms with Gasteiger partial charge in [0.15, 0.2) is 0 Å². The van der Waals surface area contributed by atoms with Crippen LogP contribution in [0.15, 0.2) is 60.7 Å². The molecule has 0 fully saturated rings. The lowest BCUT2D eigenvalue weighted by molar-refractivity contribution is 0.0527. The molecule has 0 aliphatic carbocycles. The van der Waals surface area contributed by atoms with Crippen molar-refractivity contribution in [2.24, 2.45) is 0 Å². The Bertz CT molecular complexity index is 815. The molecule has 0 saturated heterocycles. The SMILES string of the molecule is CCOC(=O)c1ccccc1Nc1ccc2ccccc2n1. The van der Waals surface area contributed by atoms with E-state index in [0.29, 0.717) is 23.7 Å². The van der Waals surface area contributed by atoms with Gasteiger partial charge in [0.1, 0.15) is 5.82 Å². The lowest BCUT2D eigenvalue weighted by atomic mass is 10.1. The van der Waals surface area contributed by atoms with Crippen LogP contribution in [0.1, 0.15) is 17.3 Å². The number of carbonyl (C=O) groups excluding carboxylic acids is 1. The van der Waals surface area contributed by atoms with Crippen molar-refractivity contribution < 1.29 is 9.53 Å². The van der Waals surface area contributed by atoms with Crippen molar-refractivity contribution in [3.05, 3.63) is 66.2 Å². The van der Waals surface area contributed by atoms with Crippen molar-refractivity contribution in [2.45, 2.75) is 6.92 Å². The third kappa shape index (κ3) is 2.91. The largest absolute Gasteiger partial charge is 0.462 e. The van der Waals surface area contributed by atoms with Crippen LogP contribution in [0, 0.1) is 0 Å². The van der Waals surface area contributed by atoms with Gasteiger partial charge < -0.3 is 10.1 Å². The zero-order valence-corrected chi connectivity index (χ0v) is 12.2. The van der Waals surface area contributed by atoms with Gasteiger partial charge in [-0.25, -0.2) is 9.78 Å². The van der Waals surface area contributed by atoms with Crippen molar-refractivity contribution in [2.75, 3.05) is 11.9 Å². The molecule has 0 aliphatic rings. The molecule has 110 valence electrons. The van der Waals surface area contributed by atoms with E-state index in [9.17, 15) is 4.79 Å². The Morgan fingerprint density at radius 1 is 1.05 bits per heavy atom. The predicted molar refractivity (Wildman–Crippen MR) is 87.4 cm³/mol. The first kappa shape index (κ1) is 14.1. The smallest absolute Gasteiger partial charge is 0.340 e. The number of carbonyl (C=O) groups is 1. The minimum absolute atomic E-state index is 0.341. The molecule has 0 unspecified atom stereocenters. The highest BCUT2D eigenvalue weighted by molar-refractivity contribution is 5.96. The summed E-state index contributed by atoms with van der Waals surface area (Å²) in [7, 11) is 0. The lowest BCUT2D eigenvalue weighted by Gasteiger charge is -2.11. The van der Waals surface area contributed by atoms with Crippen molar-refractivity contribution in [1.29, 1.82) is 0 Å². The highest BCUT2D eigenvalue weighted by Gasteiger charge is 2.12. The van der Waals surface area contributed by atoms with E-state index in [-0.39, 0.29) is 5.97 Å². The van der Waals surface area contributed by atoms with Crippen LogP contribution in [0.4, 0.5) is 11.5 Å². The molecule has 22 heavy (non-hydrogen) atoms. The van der Waals surface area contributed by atoms with Gasteiger partial charge in [-0.05, 0) is 37.3 Å². The lowest BCUT2D eigenvalue weighted by Crippen LogP contribution is -2.08. The molecule has 0 bridgehead atoms. The third-order valence-electron chi connectivity index (χ3n) is 3.28. The second-order valence-corrected chi connectivity index (χ2v) is 4.78. The van der Waals surface area contributed by atoms with E-state index in [1.54, 1.807) is 13.0 Å². The van der Waals surface area contributed by atoms with E-state index in [1.165, 1.54) is 0 Å². The van der Waals surface area contributed by atoms with Crippen LogP contribution >= 0.6 is 0 Å². The van der Waals surface area contributed by atoms with Gasteiger partial charge in [0.2, 0.25) is 0 Å². The molecule has 0 radical (unpaired) electrons. The Kier molecular flexibility index (Phi) is 4.01. The molecule has 4 heteroatoms. The average Bonchev–Trinajstić information content (AvgIpc) is 2.55. The first-order valence-corrected chi connectivity index (χ1v) is 7.17. The number of ether oxygens (including phenoxy) is 1. The number of esters is 1. The van der Waals surface area contributed by atoms with Crippen LogP contribution in [0.2, 0.25) is 0 Å². The standard InChI is InChI=1S/C18H16N2O2/c1-2-22-18(21)14-8-4-6-10-16(14)20-17-12-11-13-7-3-5-9-15(13)19-17/h3-12H,2H2,1H3,(H,19,20). The molecular weight excluding hydrogens is 276 g/mol. The summed E-state index contributed by atoms with van der Waals surface area (Å²) < 4.78 is 5.08. The number of nitrogens with zero attached hydrogens (tertiary/aromatic N) is 1. The maximum atomic E-state index is 12.0. The minimum Gasteiger partial charge on any atom is -0.462 e. The Morgan fingerprint density at radius 3 is 2.68 bits per heavy atom. The van der Waals surface area contributed by atoms with E-state index in [1.807, 2.05) is 54.6 Å².